The molecule has 0 radical (unpaired) electrons. The van der Waals surface area contributed by atoms with Crippen LogP contribution in [0.1, 0.15) is 37.2 Å². The van der Waals surface area contributed by atoms with Gasteiger partial charge in [0, 0.05) is 42.5 Å². The molecule has 2 aliphatic heterocycles. The zero-order valence-corrected chi connectivity index (χ0v) is 18.3. The lowest BCUT2D eigenvalue weighted by molar-refractivity contribution is -0.134. The number of amides is 4. The second kappa shape index (κ2) is 8.92. The van der Waals surface area contributed by atoms with Gasteiger partial charge in [0.2, 0.25) is 11.8 Å². The van der Waals surface area contributed by atoms with Gasteiger partial charge in [-0.3, -0.25) is 14.9 Å². The summed E-state index contributed by atoms with van der Waals surface area (Å²) in [6.45, 7) is 0.768. The zero-order valence-electron chi connectivity index (χ0n) is 18.3. The van der Waals surface area contributed by atoms with E-state index in [0.717, 1.165) is 12.8 Å². The molecule has 2 aromatic rings. The van der Waals surface area contributed by atoms with Crippen molar-refractivity contribution < 1.29 is 27.9 Å². The minimum Gasteiger partial charge on any atom is -0.490 e. The van der Waals surface area contributed by atoms with Gasteiger partial charge in [-0.2, -0.15) is 0 Å². The van der Waals surface area contributed by atoms with Crippen LogP contribution in [0.4, 0.5) is 25.0 Å². The highest BCUT2D eigenvalue weighted by Crippen LogP contribution is 2.33. The molecule has 0 spiro atoms. The van der Waals surface area contributed by atoms with Gasteiger partial charge >= 0.3 is 6.03 Å². The van der Waals surface area contributed by atoms with Gasteiger partial charge in [-0.05, 0) is 43.5 Å². The third-order valence-corrected chi connectivity index (χ3v) is 6.15. The van der Waals surface area contributed by atoms with Crippen LogP contribution in [0, 0.1) is 11.6 Å². The van der Waals surface area contributed by atoms with Gasteiger partial charge in [-0.1, -0.05) is 6.07 Å². The maximum absolute atomic E-state index is 14.7. The Balaban J connectivity index is 1.15. The van der Waals surface area contributed by atoms with Gasteiger partial charge in [0.05, 0.1) is 18.1 Å². The summed E-state index contributed by atoms with van der Waals surface area (Å²) in [4.78, 5) is 37.4. The number of urea groups is 1. The number of hydrogen-bond donors (Lipinski definition) is 3. The monoisotopic (exact) mass is 470 g/mol. The van der Waals surface area contributed by atoms with Crippen molar-refractivity contribution in [2.45, 2.75) is 43.7 Å². The number of rotatable bonds is 6. The summed E-state index contributed by atoms with van der Waals surface area (Å²) in [7, 11) is 0. The van der Waals surface area contributed by atoms with Crippen LogP contribution < -0.4 is 25.6 Å². The van der Waals surface area contributed by atoms with E-state index in [0.29, 0.717) is 30.2 Å². The first kappa shape index (κ1) is 22.1. The molecule has 1 unspecified atom stereocenters. The van der Waals surface area contributed by atoms with Gasteiger partial charge in [0.15, 0.2) is 0 Å². The summed E-state index contributed by atoms with van der Waals surface area (Å²) in [5.74, 6) is -3.11. The van der Waals surface area contributed by atoms with Crippen molar-refractivity contribution in [2.24, 2.45) is 0 Å². The Morgan fingerprint density at radius 1 is 1.06 bits per heavy atom. The molecule has 2 saturated heterocycles. The molecule has 0 bridgehead atoms. The molecule has 3 N–H and O–H groups in total. The molecule has 2 aromatic carbocycles. The number of imide groups is 1. The number of carbonyl (C=O) groups is 3. The third-order valence-electron chi connectivity index (χ3n) is 6.15. The topological polar surface area (TPSA) is 99.8 Å². The average Bonchev–Trinajstić information content (AvgIpc) is 3.55. The SMILES string of the molecule is O=C1CCC(c2c(F)cc(N3CC(NC(=O)Nc4cccc(OC5CC5)c4)C3)cc2F)C(=O)N1. The van der Waals surface area contributed by atoms with Crippen LogP contribution in [0.5, 0.6) is 5.75 Å². The number of ether oxygens (including phenoxy) is 1. The fraction of sp³-hybridized carbons (Fsp3) is 0.375. The number of nitrogens with zero attached hydrogens (tertiary/aromatic N) is 1. The summed E-state index contributed by atoms with van der Waals surface area (Å²) in [6, 6.07) is 8.98. The Kier molecular flexibility index (Phi) is 5.80. The second-order valence-corrected chi connectivity index (χ2v) is 8.87. The van der Waals surface area contributed by atoms with Crippen LogP contribution >= 0.6 is 0 Å². The lowest BCUT2D eigenvalue weighted by atomic mass is 9.89. The number of carbonyl (C=O) groups excluding carboxylic acids is 3. The molecule has 3 aliphatic rings. The van der Waals surface area contributed by atoms with Crippen LogP contribution in [0.25, 0.3) is 0 Å². The van der Waals surface area contributed by atoms with E-state index >= 15 is 0 Å². The van der Waals surface area contributed by atoms with Crippen molar-refractivity contribution in [2.75, 3.05) is 23.3 Å². The second-order valence-electron chi connectivity index (χ2n) is 8.87. The van der Waals surface area contributed by atoms with Crippen molar-refractivity contribution in [1.82, 2.24) is 10.6 Å². The Hall–Kier alpha value is -3.69. The number of hydrogen-bond acceptors (Lipinski definition) is 5. The van der Waals surface area contributed by atoms with Crippen LogP contribution in [0.2, 0.25) is 0 Å². The van der Waals surface area contributed by atoms with Gasteiger partial charge in [-0.25, -0.2) is 13.6 Å². The fourth-order valence-electron chi connectivity index (χ4n) is 4.21. The summed E-state index contributed by atoms with van der Waals surface area (Å²) in [5.41, 5.74) is 0.616. The summed E-state index contributed by atoms with van der Waals surface area (Å²) >= 11 is 0. The molecule has 1 saturated carbocycles. The molecule has 34 heavy (non-hydrogen) atoms. The molecule has 3 fully saturated rings. The van der Waals surface area contributed by atoms with Crippen LogP contribution in [-0.4, -0.2) is 43.1 Å². The molecule has 178 valence electrons. The summed E-state index contributed by atoms with van der Waals surface area (Å²) in [5, 5.41) is 7.73. The first-order valence-electron chi connectivity index (χ1n) is 11.3. The average molecular weight is 470 g/mol. The first-order valence-corrected chi connectivity index (χ1v) is 11.3. The smallest absolute Gasteiger partial charge is 0.319 e. The van der Waals surface area contributed by atoms with Crippen molar-refractivity contribution in [3.8, 4) is 5.75 Å². The largest absolute Gasteiger partial charge is 0.490 e. The number of halogens is 2. The van der Waals surface area contributed by atoms with Crippen molar-refractivity contribution in [3.05, 3.63) is 53.6 Å². The molecule has 8 nitrogen and oxygen atoms in total. The number of benzene rings is 2. The summed E-state index contributed by atoms with van der Waals surface area (Å²) in [6.07, 6.45) is 2.46. The molecular formula is C24H24F2N4O4. The standard InChI is InChI=1S/C24H24F2N4O4/c25-19-9-15(10-20(26)22(19)18-6-7-21(31)29-23(18)32)30-11-14(12-30)28-24(33)27-13-2-1-3-17(8-13)34-16-4-5-16/h1-3,8-10,14,16,18H,4-7,11-12H2,(H2,27,28,33)(H,29,31,32). The number of nitrogens with one attached hydrogen (secondary N) is 3. The minimum absolute atomic E-state index is 0.0381. The van der Waals surface area contributed by atoms with E-state index in [2.05, 4.69) is 16.0 Å². The highest BCUT2D eigenvalue weighted by molar-refractivity contribution is 6.01. The first-order chi connectivity index (χ1) is 16.4. The Labute approximate surface area is 194 Å². The van der Waals surface area contributed by atoms with Crippen molar-refractivity contribution >= 4 is 29.2 Å². The summed E-state index contributed by atoms with van der Waals surface area (Å²) < 4.78 is 35.2. The van der Waals surface area contributed by atoms with Gasteiger partial charge < -0.3 is 20.3 Å². The Morgan fingerprint density at radius 3 is 2.47 bits per heavy atom. The third kappa shape index (κ3) is 4.80. The molecule has 1 aliphatic carbocycles. The highest BCUT2D eigenvalue weighted by Gasteiger charge is 2.34. The maximum Gasteiger partial charge on any atom is 0.319 e. The normalized spacial score (nSPS) is 20.4. The van der Waals surface area contributed by atoms with Crippen molar-refractivity contribution in [3.63, 3.8) is 0 Å². The molecule has 4 amide bonds. The number of anilines is 2. The van der Waals surface area contributed by atoms with Crippen LogP contribution in [0.3, 0.4) is 0 Å². The molecule has 10 heteroatoms. The molecule has 2 heterocycles. The predicted molar refractivity (Wildman–Crippen MR) is 120 cm³/mol. The zero-order chi connectivity index (χ0) is 23.8. The van der Waals surface area contributed by atoms with Gasteiger partial charge in [0.25, 0.3) is 0 Å². The van der Waals surface area contributed by atoms with Crippen molar-refractivity contribution in [1.29, 1.82) is 0 Å². The lowest BCUT2D eigenvalue weighted by Crippen LogP contribution is -2.60. The lowest BCUT2D eigenvalue weighted by Gasteiger charge is -2.41. The van der Waals surface area contributed by atoms with E-state index in [1.54, 1.807) is 23.1 Å². The van der Waals surface area contributed by atoms with E-state index in [1.807, 2.05) is 6.07 Å². The number of piperidine rings is 1. The molecule has 5 rings (SSSR count). The van der Waals surface area contributed by atoms with Crippen LogP contribution in [-0.2, 0) is 9.59 Å². The predicted octanol–water partition coefficient (Wildman–Crippen LogP) is 3.04. The Bertz CT molecular complexity index is 1120. The fourth-order valence-corrected chi connectivity index (χ4v) is 4.21. The van der Waals surface area contributed by atoms with Gasteiger partial charge in [0.1, 0.15) is 17.4 Å². The van der Waals surface area contributed by atoms with Gasteiger partial charge in [-0.15, -0.1) is 0 Å². The van der Waals surface area contributed by atoms with E-state index in [-0.39, 0.29) is 36.6 Å². The highest BCUT2D eigenvalue weighted by atomic mass is 19.1. The van der Waals surface area contributed by atoms with Crippen LogP contribution in [0.15, 0.2) is 36.4 Å². The quantitative estimate of drug-likeness (QED) is 0.564. The van der Waals surface area contributed by atoms with E-state index in [1.165, 1.54) is 12.1 Å². The molecule has 1 atom stereocenters. The van der Waals surface area contributed by atoms with E-state index in [9.17, 15) is 23.2 Å². The van der Waals surface area contributed by atoms with E-state index in [4.69, 9.17) is 4.74 Å². The maximum atomic E-state index is 14.7. The van der Waals surface area contributed by atoms with E-state index < -0.39 is 29.4 Å². The minimum atomic E-state index is -1.03. The molecule has 0 aromatic heterocycles. The molecular weight excluding hydrogens is 446 g/mol. The Morgan fingerprint density at radius 2 is 1.79 bits per heavy atom.